The summed E-state index contributed by atoms with van der Waals surface area (Å²) in [5, 5.41) is 17.8. The minimum absolute atomic E-state index is 0.225. The van der Waals surface area contributed by atoms with E-state index in [1.807, 2.05) is 37.3 Å². The summed E-state index contributed by atoms with van der Waals surface area (Å²) in [5.41, 5.74) is 7.04. The minimum atomic E-state index is -4.18. The highest BCUT2D eigenvalue weighted by Gasteiger charge is 2.20. The molecule has 0 spiro atoms. The molecule has 0 heterocycles. The number of sulfonamides is 2. The molecule has 6 rings (SSSR count). The fourth-order valence-electron chi connectivity index (χ4n) is 5.90. The third-order valence-electron chi connectivity index (χ3n) is 9.02. The fourth-order valence-corrected chi connectivity index (χ4v) is 8.30. The highest BCUT2D eigenvalue weighted by Crippen LogP contribution is 2.23. The number of carboxylic acid groups (broad SMARTS) is 2. The van der Waals surface area contributed by atoms with Crippen LogP contribution in [0.25, 0.3) is 0 Å². The number of nitrogens with one attached hydrogen (secondary N) is 2. The van der Waals surface area contributed by atoms with Crippen LogP contribution in [-0.2, 0) is 45.7 Å². The van der Waals surface area contributed by atoms with E-state index in [0.29, 0.717) is 30.2 Å². The van der Waals surface area contributed by atoms with Crippen LogP contribution in [-0.4, -0.2) is 39.0 Å². The molecule has 0 amide bonds. The second kappa shape index (κ2) is 18.7. The summed E-state index contributed by atoms with van der Waals surface area (Å²) in [6, 6.07) is 34.8. The van der Waals surface area contributed by atoms with Gasteiger partial charge in [-0.25, -0.2) is 35.2 Å². The second-order valence-electron chi connectivity index (χ2n) is 13.5. The topological polar surface area (TPSA) is 167 Å². The molecule has 0 saturated heterocycles. The molecule has 0 saturated carbocycles. The monoisotopic (exact) mass is 826 g/mol. The Morgan fingerprint density at radius 2 is 0.862 bits per heavy atom. The van der Waals surface area contributed by atoms with Gasteiger partial charge in [0.05, 0.1) is 16.0 Å². The van der Waals surface area contributed by atoms with Crippen LogP contribution >= 0.6 is 0 Å². The van der Waals surface area contributed by atoms with Crippen LogP contribution in [0, 0.1) is 25.5 Å². The van der Waals surface area contributed by atoms with Crippen molar-refractivity contribution in [3.05, 3.63) is 190 Å². The Balaban J connectivity index is 0.000000221. The molecule has 0 aliphatic rings. The molecule has 0 aliphatic carbocycles. The van der Waals surface area contributed by atoms with Gasteiger partial charge in [0.2, 0.25) is 0 Å². The van der Waals surface area contributed by atoms with Crippen molar-refractivity contribution in [1.29, 1.82) is 0 Å². The first-order valence-corrected chi connectivity index (χ1v) is 20.9. The van der Waals surface area contributed by atoms with E-state index in [2.05, 4.69) is 9.44 Å². The zero-order chi connectivity index (χ0) is 42.0. The Morgan fingerprint density at radius 3 is 1.22 bits per heavy atom. The number of carboxylic acids is 2. The number of benzene rings is 6. The lowest BCUT2D eigenvalue weighted by Gasteiger charge is -2.11. The standard InChI is InChI=1S/C23H23NO4S.C21H17F2NO4S/c1-16-3-14-22(17(2)15-16)29(27,28)24-21-12-8-19(9-13-21)5-4-18-6-10-20(11-7-18)23(25)26;22-17-9-12-20(19(23)13-17)29(27,28)24-18-10-5-15(6-11-18)2-1-14-3-7-16(8-4-14)21(25)26/h3,6-15,24H,4-5H2,1-2H3,(H,25,26);3-13,24H,1-2H2,(H,25,26). The van der Waals surface area contributed by atoms with Gasteiger partial charge in [0.15, 0.2) is 0 Å². The average Bonchev–Trinajstić information content (AvgIpc) is 3.17. The number of anilines is 2. The molecule has 6 aromatic rings. The largest absolute Gasteiger partial charge is 0.478 e. The predicted octanol–water partition coefficient (Wildman–Crippen LogP) is 8.84. The van der Waals surface area contributed by atoms with Gasteiger partial charge in [0.25, 0.3) is 20.0 Å². The van der Waals surface area contributed by atoms with Crippen molar-refractivity contribution < 1.29 is 45.4 Å². The molecule has 0 aliphatic heterocycles. The molecule has 0 atom stereocenters. The number of rotatable bonds is 14. The maximum Gasteiger partial charge on any atom is 0.335 e. The first-order valence-electron chi connectivity index (χ1n) is 17.9. The van der Waals surface area contributed by atoms with Crippen LogP contribution in [0.5, 0.6) is 0 Å². The summed E-state index contributed by atoms with van der Waals surface area (Å²) >= 11 is 0. The third-order valence-corrected chi connectivity index (χ3v) is 12.0. The van der Waals surface area contributed by atoms with E-state index in [1.165, 1.54) is 0 Å². The number of aryl methyl sites for hydroxylation is 6. The van der Waals surface area contributed by atoms with Gasteiger partial charge in [-0.1, -0.05) is 66.2 Å². The van der Waals surface area contributed by atoms with Gasteiger partial charge in [-0.2, -0.15) is 0 Å². The van der Waals surface area contributed by atoms with E-state index < -0.39 is 48.5 Å². The first-order chi connectivity index (χ1) is 27.5. The zero-order valence-corrected chi connectivity index (χ0v) is 33.1. The van der Waals surface area contributed by atoms with Gasteiger partial charge >= 0.3 is 11.9 Å². The maximum absolute atomic E-state index is 13.8. The first kappa shape index (κ1) is 42.8. The molecule has 0 aromatic heterocycles. The Bertz CT molecular complexity index is 2430. The van der Waals surface area contributed by atoms with Gasteiger partial charge in [-0.05, 0) is 134 Å². The van der Waals surface area contributed by atoms with E-state index in [9.17, 15) is 35.2 Å². The lowest BCUT2D eigenvalue weighted by Crippen LogP contribution is -2.14. The molecule has 0 fully saturated rings. The molecular weight excluding hydrogens is 787 g/mol. The van der Waals surface area contributed by atoms with Gasteiger partial charge in [-0.15, -0.1) is 0 Å². The van der Waals surface area contributed by atoms with Crippen molar-refractivity contribution in [1.82, 2.24) is 0 Å². The third kappa shape index (κ3) is 11.8. The van der Waals surface area contributed by atoms with Crippen LogP contribution in [0.1, 0.15) is 54.1 Å². The quantitative estimate of drug-likeness (QED) is 0.0846. The molecule has 0 radical (unpaired) electrons. The Labute approximate surface area is 336 Å². The Morgan fingerprint density at radius 1 is 0.500 bits per heavy atom. The van der Waals surface area contributed by atoms with Crippen molar-refractivity contribution in [3.63, 3.8) is 0 Å². The Hall–Kier alpha value is -6.38. The van der Waals surface area contributed by atoms with Crippen LogP contribution in [0.4, 0.5) is 20.2 Å². The van der Waals surface area contributed by atoms with Crippen LogP contribution < -0.4 is 9.44 Å². The molecule has 6 aromatic carbocycles. The van der Waals surface area contributed by atoms with E-state index in [0.717, 1.165) is 52.8 Å². The predicted molar refractivity (Wildman–Crippen MR) is 218 cm³/mol. The minimum Gasteiger partial charge on any atom is -0.478 e. The van der Waals surface area contributed by atoms with E-state index in [1.54, 1.807) is 91.9 Å². The molecular formula is C44H40F2N2O8S2. The highest BCUT2D eigenvalue weighted by atomic mass is 32.2. The fraction of sp³-hybridized carbons (Fsp3) is 0.136. The average molecular weight is 827 g/mol. The SMILES string of the molecule is Cc1ccc(S(=O)(=O)Nc2ccc(CCc3ccc(C(=O)O)cc3)cc2)c(C)c1.O=C(O)c1ccc(CCc2ccc(NS(=O)(=O)c3ccc(F)cc3F)cc2)cc1. The molecule has 10 nitrogen and oxygen atoms in total. The van der Waals surface area contributed by atoms with Gasteiger partial charge < -0.3 is 10.2 Å². The zero-order valence-electron chi connectivity index (χ0n) is 31.4. The van der Waals surface area contributed by atoms with Gasteiger partial charge in [0.1, 0.15) is 16.5 Å². The summed E-state index contributed by atoms with van der Waals surface area (Å²) < 4.78 is 81.5. The molecule has 0 unspecified atom stereocenters. The molecule has 0 bridgehead atoms. The summed E-state index contributed by atoms with van der Waals surface area (Å²) in [6.07, 6.45) is 2.90. The molecule has 300 valence electrons. The molecule has 4 N–H and O–H groups in total. The molecule has 58 heavy (non-hydrogen) atoms. The highest BCUT2D eigenvalue weighted by molar-refractivity contribution is 7.93. The number of aromatic carboxylic acids is 2. The number of hydrogen-bond donors (Lipinski definition) is 4. The van der Waals surface area contributed by atoms with Crippen LogP contribution in [0.15, 0.2) is 143 Å². The summed E-state index contributed by atoms with van der Waals surface area (Å²) in [7, 11) is -7.82. The van der Waals surface area contributed by atoms with Gasteiger partial charge in [-0.3, -0.25) is 9.44 Å². The normalized spacial score (nSPS) is 11.2. The number of hydrogen-bond acceptors (Lipinski definition) is 6. The lowest BCUT2D eigenvalue weighted by atomic mass is 10.0. The van der Waals surface area contributed by atoms with Crippen LogP contribution in [0.3, 0.4) is 0 Å². The summed E-state index contributed by atoms with van der Waals surface area (Å²) in [4.78, 5) is 21.4. The summed E-state index contributed by atoms with van der Waals surface area (Å²) in [6.45, 7) is 3.71. The lowest BCUT2D eigenvalue weighted by molar-refractivity contribution is 0.0686. The summed E-state index contributed by atoms with van der Waals surface area (Å²) in [5.74, 6) is -3.93. The maximum atomic E-state index is 13.8. The van der Waals surface area contributed by atoms with Crippen molar-refractivity contribution >= 4 is 43.4 Å². The smallest absolute Gasteiger partial charge is 0.335 e. The second-order valence-corrected chi connectivity index (χ2v) is 16.8. The van der Waals surface area contributed by atoms with E-state index in [-0.39, 0.29) is 21.7 Å². The number of halogens is 2. The van der Waals surface area contributed by atoms with Crippen molar-refractivity contribution in [2.24, 2.45) is 0 Å². The van der Waals surface area contributed by atoms with E-state index >= 15 is 0 Å². The Kier molecular flexibility index (Phi) is 13.8. The van der Waals surface area contributed by atoms with Crippen molar-refractivity contribution in [2.45, 2.75) is 49.3 Å². The van der Waals surface area contributed by atoms with Crippen molar-refractivity contribution in [2.75, 3.05) is 9.44 Å². The number of carbonyl (C=O) groups is 2. The van der Waals surface area contributed by atoms with Gasteiger partial charge in [0, 0.05) is 17.4 Å². The van der Waals surface area contributed by atoms with Crippen molar-refractivity contribution in [3.8, 4) is 0 Å². The van der Waals surface area contributed by atoms with E-state index in [4.69, 9.17) is 10.2 Å². The van der Waals surface area contributed by atoms with Crippen LogP contribution in [0.2, 0.25) is 0 Å². The molecule has 14 heteroatoms.